The summed E-state index contributed by atoms with van der Waals surface area (Å²) >= 11 is 0. The number of hydrogen-bond donors (Lipinski definition) is 6. The van der Waals surface area contributed by atoms with Gasteiger partial charge in [0, 0.05) is 6.04 Å². The van der Waals surface area contributed by atoms with E-state index < -0.39 is 88.4 Å². The van der Waals surface area contributed by atoms with Gasteiger partial charge < -0.3 is 48.8 Å². The molecular formula is C23H28B2N10O12P2. The zero-order valence-corrected chi connectivity index (χ0v) is 27.3. The number of aromatic amines is 2. The van der Waals surface area contributed by atoms with Crippen molar-refractivity contribution in [1.29, 1.82) is 0 Å². The predicted octanol–water partition coefficient (Wildman–Crippen LogP) is -1.46. The molecule has 3 fully saturated rings. The van der Waals surface area contributed by atoms with Crippen molar-refractivity contribution in [3.63, 3.8) is 0 Å². The Bertz CT molecular complexity index is 2130. The number of nitrogens with two attached hydrogens (primary N) is 1. The number of rotatable bonds is 4. The molecule has 0 amide bonds. The highest BCUT2D eigenvalue weighted by Gasteiger charge is 2.52. The van der Waals surface area contributed by atoms with Crippen LogP contribution < -0.4 is 22.2 Å². The molecule has 258 valence electrons. The van der Waals surface area contributed by atoms with Gasteiger partial charge in [-0.3, -0.25) is 37.8 Å². The SMILES string of the molecule is [B]P1(=O)OC[C@H]2O[C@@H](n3cnc4c(=O)[nH]c(N)nc43)C(O)[C@H]2OP([B])(=O)OC[C@H]2O[C@@H](n3cnc4c(=O)[nH]c(NC(C)C)nc43)[C@@H](O)C2O1. The van der Waals surface area contributed by atoms with E-state index in [2.05, 4.69) is 35.2 Å². The fourth-order valence-corrected chi connectivity index (χ4v) is 7.80. The van der Waals surface area contributed by atoms with Crippen LogP contribution in [0, 0.1) is 0 Å². The summed E-state index contributed by atoms with van der Waals surface area (Å²) in [5, 5.41) is 25.6. The summed E-state index contributed by atoms with van der Waals surface area (Å²) in [6.45, 7) is 2.30. The first-order valence-corrected chi connectivity index (χ1v) is 17.9. The Morgan fingerprint density at radius 1 is 0.878 bits per heavy atom. The Morgan fingerprint density at radius 2 is 1.35 bits per heavy atom. The second-order valence-electron chi connectivity index (χ2n) is 11.7. The van der Waals surface area contributed by atoms with Gasteiger partial charge in [0.25, 0.3) is 26.1 Å². The lowest BCUT2D eigenvalue weighted by Gasteiger charge is -2.30. The zero-order chi connectivity index (χ0) is 35.0. The van der Waals surface area contributed by atoms with Crippen molar-refractivity contribution in [2.75, 3.05) is 24.3 Å². The minimum atomic E-state index is -4.57. The van der Waals surface area contributed by atoms with Crippen molar-refractivity contribution in [2.45, 2.75) is 69.0 Å². The number of H-pyrrole nitrogens is 2. The van der Waals surface area contributed by atoms with E-state index in [9.17, 15) is 28.9 Å². The number of fused-ring (bicyclic) bond motifs is 4. The summed E-state index contributed by atoms with van der Waals surface area (Å²) in [4.78, 5) is 46.3. The van der Waals surface area contributed by atoms with E-state index in [0.29, 0.717) is 0 Å². The van der Waals surface area contributed by atoms with Crippen LogP contribution >= 0.6 is 14.9 Å². The van der Waals surface area contributed by atoms with Crippen LogP contribution in [0.2, 0.25) is 0 Å². The number of hydrogen-bond acceptors (Lipinski definition) is 18. The smallest absolute Gasteiger partial charge is 0.280 e. The van der Waals surface area contributed by atoms with Crippen molar-refractivity contribution < 1.29 is 46.9 Å². The summed E-state index contributed by atoms with van der Waals surface area (Å²) in [6, 6.07) is -0.0926. The highest BCUT2D eigenvalue weighted by Crippen LogP contribution is 2.53. The molecule has 0 saturated carbocycles. The first-order valence-electron chi connectivity index (χ1n) is 14.7. The maximum atomic E-state index is 13.4. The fourth-order valence-electron chi connectivity index (χ4n) is 5.77. The van der Waals surface area contributed by atoms with Gasteiger partial charge in [0.15, 0.2) is 34.8 Å². The van der Waals surface area contributed by atoms with Gasteiger partial charge in [-0.2, -0.15) is 9.97 Å². The van der Waals surface area contributed by atoms with Crippen molar-refractivity contribution in [3.8, 4) is 0 Å². The van der Waals surface area contributed by atoms with E-state index in [4.69, 9.17) is 48.4 Å². The zero-order valence-electron chi connectivity index (χ0n) is 25.6. The Kier molecular flexibility index (Phi) is 8.62. The summed E-state index contributed by atoms with van der Waals surface area (Å²) in [6.07, 6.45) is -9.53. The number of aliphatic hydroxyl groups excluding tert-OH is 2. The van der Waals surface area contributed by atoms with Crippen molar-refractivity contribution in [3.05, 3.63) is 33.4 Å². The summed E-state index contributed by atoms with van der Waals surface area (Å²) < 4.78 is 63.1. The van der Waals surface area contributed by atoms with Crippen LogP contribution in [0.1, 0.15) is 26.3 Å². The molecule has 0 aromatic carbocycles. The van der Waals surface area contributed by atoms with Gasteiger partial charge in [-0.1, -0.05) is 0 Å². The summed E-state index contributed by atoms with van der Waals surface area (Å²) in [7, 11) is 2.70. The first-order chi connectivity index (χ1) is 23.1. The van der Waals surface area contributed by atoms with Crippen molar-refractivity contribution in [2.24, 2.45) is 0 Å². The van der Waals surface area contributed by atoms with E-state index in [1.807, 2.05) is 13.8 Å². The normalized spacial score (nSPS) is 35.6. The minimum Gasteiger partial charge on any atom is -0.386 e. The largest absolute Gasteiger partial charge is 0.386 e. The lowest BCUT2D eigenvalue weighted by molar-refractivity contribution is -0.0564. The van der Waals surface area contributed by atoms with Gasteiger partial charge in [-0.25, -0.2) is 9.97 Å². The van der Waals surface area contributed by atoms with Crippen molar-refractivity contribution >= 4 is 64.3 Å². The van der Waals surface area contributed by atoms with Gasteiger partial charge >= 0.3 is 0 Å². The number of nitrogens with zero attached hydrogens (tertiary/aromatic N) is 6. The molecule has 10 atom stereocenters. The minimum absolute atomic E-state index is 0.0240. The Balaban J connectivity index is 1.17. The Hall–Kier alpha value is -3.43. The molecule has 3 saturated heterocycles. The van der Waals surface area contributed by atoms with Crippen LogP contribution in [0.5, 0.6) is 0 Å². The number of ether oxygens (including phenoxy) is 2. The molecule has 4 aromatic rings. The third-order valence-electron chi connectivity index (χ3n) is 7.85. The molecule has 7 rings (SSSR count). The van der Waals surface area contributed by atoms with Crippen LogP contribution in [0.4, 0.5) is 11.9 Å². The molecular weight excluding hydrogens is 692 g/mol. The average molecular weight is 720 g/mol. The molecule has 0 bridgehead atoms. The second kappa shape index (κ2) is 12.4. The van der Waals surface area contributed by atoms with Crippen molar-refractivity contribution in [1.82, 2.24) is 39.0 Å². The van der Waals surface area contributed by atoms with Gasteiger partial charge in [0.05, 0.1) is 25.9 Å². The van der Waals surface area contributed by atoms with Crippen LogP contribution in [0.25, 0.3) is 22.3 Å². The molecule has 3 aliphatic heterocycles. The Labute approximate surface area is 276 Å². The molecule has 0 spiro atoms. The lowest BCUT2D eigenvalue weighted by atomic mass is 10.1. The molecule has 3 aliphatic rings. The number of nitrogens with one attached hydrogen (secondary N) is 3. The summed E-state index contributed by atoms with van der Waals surface area (Å²) in [5.74, 6) is -0.114. The number of anilines is 2. The molecule has 4 unspecified atom stereocenters. The fraction of sp³-hybridized carbons (Fsp3) is 0.565. The Morgan fingerprint density at radius 3 is 1.84 bits per heavy atom. The van der Waals surface area contributed by atoms with Gasteiger partial charge in [0.1, 0.15) is 36.6 Å². The van der Waals surface area contributed by atoms with E-state index in [0.717, 1.165) is 6.33 Å². The quantitative estimate of drug-likeness (QED) is 0.104. The van der Waals surface area contributed by atoms with Crippen LogP contribution in [0.15, 0.2) is 22.2 Å². The maximum Gasteiger partial charge on any atom is 0.280 e. The van der Waals surface area contributed by atoms with Gasteiger partial charge in [-0.15, -0.1) is 0 Å². The number of aromatic nitrogens is 8. The molecule has 7 heterocycles. The maximum absolute atomic E-state index is 13.4. The van der Waals surface area contributed by atoms with E-state index in [-0.39, 0.29) is 40.3 Å². The molecule has 26 heteroatoms. The standard InChI is InChI=1S/C23H28B2N10O12P2/c1-7(2)29-23-31-17-11(19(39)33-23)28-6-35(17)21-13(37)15-9(45-21)4-43-48(24,40)46-14-8(3-42-49(25,41)47-15)44-20(12(14)36)34-5-27-10-16(34)30-22(26)32-18(10)38/h5-9,12-15,20-21,36-37H,3-4H2,1-2H3,(H3,26,30,32,38)(H2,29,31,33,39)/t8-,9-,12?,13+,14+,15?,20-,21-,48?,49?/m1/s1. The second-order valence-corrected chi connectivity index (χ2v) is 14.8. The molecule has 49 heavy (non-hydrogen) atoms. The van der Waals surface area contributed by atoms with E-state index in [1.165, 1.54) is 15.5 Å². The average Bonchev–Trinajstić information content (AvgIpc) is 3.76. The molecule has 7 N–H and O–H groups in total. The van der Waals surface area contributed by atoms with Crippen LogP contribution in [-0.2, 0) is 36.7 Å². The summed E-state index contributed by atoms with van der Waals surface area (Å²) in [5.41, 5.74) is 4.22. The molecule has 4 aromatic heterocycles. The highest BCUT2D eigenvalue weighted by molar-refractivity contribution is 7.79. The van der Waals surface area contributed by atoms with E-state index in [1.54, 1.807) is 0 Å². The van der Waals surface area contributed by atoms with Crippen LogP contribution in [0.3, 0.4) is 0 Å². The highest BCUT2D eigenvalue weighted by atomic mass is 31.2. The predicted molar refractivity (Wildman–Crippen MR) is 168 cm³/mol. The first kappa shape index (κ1) is 34.0. The molecule has 0 aliphatic carbocycles. The molecule has 22 nitrogen and oxygen atoms in total. The topological polar surface area (TPSA) is 295 Å². The number of aliphatic hydroxyl groups is 2. The van der Waals surface area contributed by atoms with Gasteiger partial charge in [0.2, 0.25) is 27.0 Å². The number of imidazole rings is 2. The van der Waals surface area contributed by atoms with E-state index >= 15 is 0 Å². The van der Waals surface area contributed by atoms with Crippen LogP contribution in [-0.4, -0.2) is 120 Å². The third-order valence-corrected chi connectivity index (χ3v) is 9.94. The number of nitrogen functional groups attached to an aromatic ring is 1. The lowest BCUT2D eigenvalue weighted by Crippen LogP contribution is -2.39. The monoisotopic (exact) mass is 720 g/mol. The third kappa shape index (κ3) is 6.37. The molecule has 4 radical (unpaired) electrons. The van der Waals surface area contributed by atoms with Gasteiger partial charge in [-0.05, 0) is 13.8 Å².